The molecule has 20 nitrogen and oxygen atoms in total. The highest BCUT2D eigenvalue weighted by molar-refractivity contribution is 7.86. The molecule has 0 radical (unpaired) electrons. The molecule has 0 amide bonds. The van der Waals surface area contributed by atoms with Crippen LogP contribution >= 0.6 is 0 Å². The molecule has 0 saturated heterocycles. The molecule has 290 valence electrons. The van der Waals surface area contributed by atoms with E-state index in [1.54, 1.807) is 12.1 Å². The minimum atomic E-state index is -5.11. The van der Waals surface area contributed by atoms with Crippen LogP contribution in [0.5, 0.6) is 11.5 Å². The van der Waals surface area contributed by atoms with Crippen molar-refractivity contribution >= 4 is 96.1 Å². The average molecular weight is 845 g/mol. The molecule has 0 bridgehead atoms. The minimum Gasteiger partial charge on any atom is -0.505 e. The largest absolute Gasteiger partial charge is 0.505 e. The van der Waals surface area contributed by atoms with Gasteiger partial charge in [-0.1, -0.05) is 24.3 Å². The van der Waals surface area contributed by atoms with Crippen LogP contribution in [0.25, 0.3) is 32.7 Å². The lowest BCUT2D eigenvalue weighted by molar-refractivity contribution is 0.471. The Hall–Kier alpha value is -6.12. The number of nitrogens with zero attached hydrogens (tertiary/aromatic N) is 4. The number of hydrogen-bond acceptors (Lipinski definition) is 16. The molecule has 0 heterocycles. The number of rotatable bonds is 9. The van der Waals surface area contributed by atoms with Gasteiger partial charge in [-0.3, -0.25) is 18.2 Å². The SMILES string of the molecule is Nc1cc(S(=O)(=O)O)cc2cc(S(=O)(=O)O)c(N=Nc3cccc(-c4cccc(N=Nc5c(S(=O)(=O)O)cc6cc(S(=O)(=O)O)cc(N)c6c5O)c4)c3)c(O)c12. The van der Waals surface area contributed by atoms with E-state index in [0.29, 0.717) is 11.1 Å². The van der Waals surface area contributed by atoms with Crippen LogP contribution in [0.15, 0.2) is 125 Å². The molecule has 0 unspecified atom stereocenters. The molecule has 0 atom stereocenters. The van der Waals surface area contributed by atoms with Crippen LogP contribution < -0.4 is 11.5 Å². The van der Waals surface area contributed by atoms with Crippen molar-refractivity contribution in [3.8, 4) is 22.6 Å². The van der Waals surface area contributed by atoms with Crippen LogP contribution in [0, 0.1) is 0 Å². The zero-order valence-electron chi connectivity index (χ0n) is 27.6. The van der Waals surface area contributed by atoms with Gasteiger partial charge in [0.1, 0.15) is 21.2 Å². The van der Waals surface area contributed by atoms with Gasteiger partial charge in [-0.25, -0.2) is 0 Å². The summed E-state index contributed by atoms with van der Waals surface area (Å²) in [7, 11) is -19.8. The Bertz CT molecular complexity index is 2980. The molecule has 0 aromatic heterocycles. The van der Waals surface area contributed by atoms with Gasteiger partial charge in [0.25, 0.3) is 40.5 Å². The van der Waals surface area contributed by atoms with E-state index in [4.69, 9.17) is 11.5 Å². The van der Waals surface area contributed by atoms with Crippen LogP contribution in [0.1, 0.15) is 0 Å². The van der Waals surface area contributed by atoms with Gasteiger partial charge in [-0.15, -0.1) is 10.2 Å². The van der Waals surface area contributed by atoms with Crippen molar-refractivity contribution in [1.82, 2.24) is 0 Å². The molecular formula is C32H24N6O14S4. The Kier molecular flexibility index (Phi) is 9.80. The number of phenolic OH excluding ortho intramolecular Hbond substituents is 2. The Morgan fingerprint density at radius 3 is 1.12 bits per heavy atom. The van der Waals surface area contributed by atoms with Crippen LogP contribution in [-0.2, 0) is 40.5 Å². The van der Waals surface area contributed by atoms with Gasteiger partial charge in [0.2, 0.25) is 0 Å². The summed E-state index contributed by atoms with van der Waals surface area (Å²) in [5, 5.41) is 36.6. The van der Waals surface area contributed by atoms with Gasteiger partial charge in [0, 0.05) is 22.1 Å². The summed E-state index contributed by atoms with van der Waals surface area (Å²) in [6.45, 7) is 0. The van der Waals surface area contributed by atoms with E-state index in [1.165, 1.54) is 36.4 Å². The first-order valence-electron chi connectivity index (χ1n) is 15.1. The summed E-state index contributed by atoms with van der Waals surface area (Å²) in [5.41, 5.74) is 10.6. The van der Waals surface area contributed by atoms with E-state index in [1.807, 2.05) is 0 Å². The zero-order valence-corrected chi connectivity index (χ0v) is 30.9. The Labute approximate surface area is 316 Å². The van der Waals surface area contributed by atoms with Crippen molar-refractivity contribution in [2.75, 3.05) is 11.5 Å². The molecule has 10 N–H and O–H groups in total. The van der Waals surface area contributed by atoms with Crippen LogP contribution in [0.2, 0.25) is 0 Å². The van der Waals surface area contributed by atoms with Crippen LogP contribution in [-0.4, -0.2) is 62.1 Å². The fourth-order valence-electron chi connectivity index (χ4n) is 5.58. The number of nitrogen functional groups attached to an aromatic ring is 2. The smallest absolute Gasteiger partial charge is 0.296 e. The van der Waals surface area contributed by atoms with Crippen molar-refractivity contribution < 1.29 is 62.1 Å². The lowest BCUT2D eigenvalue weighted by Gasteiger charge is -2.12. The molecule has 0 spiro atoms. The van der Waals surface area contributed by atoms with Crippen molar-refractivity contribution in [2.45, 2.75) is 19.6 Å². The fraction of sp³-hybridized carbons (Fsp3) is 0. The molecule has 24 heteroatoms. The lowest BCUT2D eigenvalue weighted by Crippen LogP contribution is -2.02. The zero-order chi connectivity index (χ0) is 41.1. The molecular weight excluding hydrogens is 821 g/mol. The summed E-state index contributed by atoms with van der Waals surface area (Å²) in [6, 6.07) is 17.0. The normalized spacial score (nSPS) is 13.0. The Morgan fingerprint density at radius 2 is 0.804 bits per heavy atom. The number of phenols is 2. The van der Waals surface area contributed by atoms with Crippen LogP contribution in [0.4, 0.5) is 34.1 Å². The van der Waals surface area contributed by atoms with Crippen molar-refractivity contribution in [3.05, 3.63) is 84.9 Å². The van der Waals surface area contributed by atoms with Gasteiger partial charge in [0.05, 0.1) is 21.2 Å². The predicted molar refractivity (Wildman–Crippen MR) is 200 cm³/mol. The maximum absolute atomic E-state index is 12.3. The highest BCUT2D eigenvalue weighted by Gasteiger charge is 2.26. The standard InChI is InChI=1S/C32H24N6O14S4/c33-23-13-21(53(41,42)43)9-17-11-25(55(47,48)49)29(31(39)27(17)23)37-35-19-5-1-3-15(7-19)16-4-2-6-20(8-16)36-38-30-26(56(50,51)52)12-18-10-22(54(44,45)46)14-24(34)28(18)32(30)40/h1-14,39-40H,33-34H2,(H,41,42,43)(H,44,45,46)(H,47,48,49)(H,50,51,52). The molecule has 0 aliphatic rings. The molecule has 0 aliphatic heterocycles. The third-order valence-electron chi connectivity index (χ3n) is 8.02. The molecule has 6 aromatic rings. The number of anilines is 2. The second-order valence-corrected chi connectivity index (χ2v) is 17.4. The number of azo groups is 2. The quantitative estimate of drug-likeness (QED) is 0.0466. The second kappa shape index (κ2) is 13.9. The first-order chi connectivity index (χ1) is 25.9. The molecule has 6 rings (SSSR count). The highest BCUT2D eigenvalue weighted by atomic mass is 32.2. The van der Waals surface area contributed by atoms with E-state index in [9.17, 15) is 62.1 Å². The van der Waals surface area contributed by atoms with Crippen molar-refractivity contribution in [2.24, 2.45) is 20.5 Å². The highest BCUT2D eigenvalue weighted by Crippen LogP contribution is 2.46. The van der Waals surface area contributed by atoms with E-state index in [0.717, 1.165) is 36.4 Å². The third-order valence-corrected chi connectivity index (χ3v) is 11.4. The Balaban J connectivity index is 1.38. The van der Waals surface area contributed by atoms with Crippen molar-refractivity contribution in [3.63, 3.8) is 0 Å². The summed E-state index contributed by atoms with van der Waals surface area (Å²) >= 11 is 0. The maximum Gasteiger partial charge on any atom is 0.296 e. The predicted octanol–water partition coefficient (Wildman–Crippen LogP) is 6.05. The number of nitrogens with two attached hydrogens (primary N) is 2. The molecule has 0 fully saturated rings. The average Bonchev–Trinajstić information content (AvgIpc) is 3.08. The first-order valence-corrected chi connectivity index (χ1v) is 20.8. The number of fused-ring (bicyclic) bond motifs is 2. The summed E-state index contributed by atoms with van der Waals surface area (Å²) in [5.74, 6) is -1.76. The van der Waals surface area contributed by atoms with Crippen molar-refractivity contribution in [1.29, 1.82) is 0 Å². The first kappa shape index (κ1) is 39.6. The van der Waals surface area contributed by atoms with E-state index in [-0.39, 0.29) is 44.3 Å². The molecule has 6 aromatic carbocycles. The van der Waals surface area contributed by atoms with Gasteiger partial charge in [-0.2, -0.15) is 43.9 Å². The third kappa shape index (κ3) is 7.84. The molecule has 0 aliphatic carbocycles. The fourth-order valence-corrected chi connectivity index (χ4v) is 8.00. The second-order valence-electron chi connectivity index (χ2n) is 11.8. The molecule has 56 heavy (non-hydrogen) atoms. The van der Waals surface area contributed by atoms with E-state index in [2.05, 4.69) is 20.5 Å². The van der Waals surface area contributed by atoms with E-state index < -0.39 is 82.9 Å². The molecule has 0 saturated carbocycles. The summed E-state index contributed by atoms with van der Waals surface area (Å²) < 4.78 is 134. The number of aromatic hydroxyl groups is 2. The topological polar surface area (TPSA) is 359 Å². The number of benzene rings is 6. The monoisotopic (exact) mass is 844 g/mol. The van der Waals surface area contributed by atoms with Gasteiger partial charge in [-0.05, 0) is 82.6 Å². The summed E-state index contributed by atoms with van der Waals surface area (Å²) in [4.78, 5) is -3.35. The maximum atomic E-state index is 12.3. The lowest BCUT2D eigenvalue weighted by atomic mass is 10.0. The number of hydrogen-bond donors (Lipinski definition) is 8. The van der Waals surface area contributed by atoms with Gasteiger partial charge < -0.3 is 21.7 Å². The van der Waals surface area contributed by atoms with Crippen LogP contribution in [0.3, 0.4) is 0 Å². The van der Waals surface area contributed by atoms with E-state index >= 15 is 0 Å². The van der Waals surface area contributed by atoms with Gasteiger partial charge >= 0.3 is 0 Å². The van der Waals surface area contributed by atoms with Gasteiger partial charge in [0.15, 0.2) is 11.5 Å². The summed E-state index contributed by atoms with van der Waals surface area (Å²) in [6.07, 6.45) is 0. The minimum absolute atomic E-state index is 0.0821. The Morgan fingerprint density at radius 1 is 0.446 bits per heavy atom.